The number of aromatic nitrogens is 1. The van der Waals surface area contributed by atoms with Crippen molar-refractivity contribution >= 4 is 11.9 Å². The van der Waals surface area contributed by atoms with Crippen molar-refractivity contribution in [2.45, 2.75) is 44.1 Å². The molecule has 0 spiro atoms. The summed E-state index contributed by atoms with van der Waals surface area (Å²) in [4.78, 5) is 27.0. The topological polar surface area (TPSA) is 82.2 Å². The van der Waals surface area contributed by atoms with Crippen LogP contribution in [0.5, 0.6) is 0 Å². The fourth-order valence-electron chi connectivity index (χ4n) is 3.32. The quantitative estimate of drug-likeness (QED) is 0.763. The minimum Gasteiger partial charge on any atom is -0.480 e. The Labute approximate surface area is 141 Å². The van der Waals surface area contributed by atoms with Gasteiger partial charge in [0.25, 0.3) is 0 Å². The van der Waals surface area contributed by atoms with Crippen LogP contribution in [0.2, 0.25) is 0 Å². The highest BCUT2D eigenvalue weighted by atomic mass is 16.4. The first-order valence-corrected chi connectivity index (χ1v) is 8.37. The van der Waals surface area contributed by atoms with Crippen LogP contribution in [-0.4, -0.2) is 27.5 Å². The lowest BCUT2D eigenvalue weighted by atomic mass is 9.97. The third-order valence-electron chi connectivity index (χ3n) is 4.70. The molecular weight excluding hydrogens is 304 g/mol. The van der Waals surface area contributed by atoms with Crippen molar-refractivity contribution in [3.05, 3.63) is 48.2 Å². The Kier molecular flexibility index (Phi) is 4.69. The summed E-state index contributed by atoms with van der Waals surface area (Å²) in [6, 6.07) is 14.0. The van der Waals surface area contributed by atoms with Crippen LogP contribution in [0.1, 0.15) is 37.8 Å². The molecule has 5 heteroatoms. The summed E-state index contributed by atoms with van der Waals surface area (Å²) >= 11 is 0. The number of amides is 1. The molecule has 1 aliphatic carbocycles. The second kappa shape index (κ2) is 6.91. The molecule has 1 aliphatic rings. The molecule has 0 aliphatic heterocycles. The molecule has 126 valence electrons. The van der Waals surface area contributed by atoms with Gasteiger partial charge in [0.2, 0.25) is 5.91 Å². The minimum absolute atomic E-state index is 0.199. The smallest absolute Gasteiger partial charge is 0.329 e. The Morgan fingerprint density at radius 2 is 1.79 bits per heavy atom. The van der Waals surface area contributed by atoms with E-state index in [0.717, 1.165) is 29.8 Å². The van der Waals surface area contributed by atoms with E-state index in [1.54, 1.807) is 0 Å². The van der Waals surface area contributed by atoms with Crippen LogP contribution in [-0.2, 0) is 16.0 Å². The van der Waals surface area contributed by atoms with Gasteiger partial charge in [0, 0.05) is 17.8 Å². The first-order valence-electron chi connectivity index (χ1n) is 8.37. The highest BCUT2D eigenvalue weighted by Crippen LogP contribution is 2.30. The fraction of sp³-hybridized carbons (Fsp3) is 0.368. The molecule has 0 bridgehead atoms. The molecule has 1 fully saturated rings. The zero-order valence-electron chi connectivity index (χ0n) is 13.5. The van der Waals surface area contributed by atoms with E-state index in [1.165, 1.54) is 0 Å². The van der Waals surface area contributed by atoms with Gasteiger partial charge in [-0.15, -0.1) is 0 Å². The predicted molar refractivity (Wildman–Crippen MR) is 91.5 cm³/mol. The highest BCUT2D eigenvalue weighted by Gasteiger charge is 2.42. The Bertz CT molecular complexity index is 715. The first-order chi connectivity index (χ1) is 11.6. The predicted octanol–water partition coefficient (Wildman–Crippen LogP) is 3.13. The molecule has 0 radical (unpaired) electrons. The molecular formula is C19H22N2O3. The molecule has 1 aromatic heterocycles. The molecule has 1 aromatic carbocycles. The van der Waals surface area contributed by atoms with E-state index in [1.807, 2.05) is 42.5 Å². The number of rotatable bonds is 6. The standard InChI is InChI=1S/C19H22N2O3/c22-17(21-19(18(23)24)12-4-5-13-19)11-9-15-8-10-16(20-15)14-6-2-1-3-7-14/h1-3,6-8,10,20H,4-5,9,11-13H2,(H,21,22)(H,23,24). The van der Waals surface area contributed by atoms with E-state index in [9.17, 15) is 14.7 Å². The van der Waals surface area contributed by atoms with Crippen molar-refractivity contribution < 1.29 is 14.7 Å². The van der Waals surface area contributed by atoms with E-state index in [0.29, 0.717) is 19.3 Å². The van der Waals surface area contributed by atoms with Crippen molar-refractivity contribution in [2.24, 2.45) is 0 Å². The van der Waals surface area contributed by atoms with E-state index in [-0.39, 0.29) is 12.3 Å². The number of carbonyl (C=O) groups is 2. The van der Waals surface area contributed by atoms with Gasteiger partial charge in [0.1, 0.15) is 5.54 Å². The Morgan fingerprint density at radius 1 is 1.08 bits per heavy atom. The van der Waals surface area contributed by atoms with Gasteiger partial charge in [-0.1, -0.05) is 43.2 Å². The maximum absolute atomic E-state index is 12.2. The van der Waals surface area contributed by atoms with Gasteiger partial charge >= 0.3 is 5.97 Å². The van der Waals surface area contributed by atoms with Crippen LogP contribution in [0, 0.1) is 0 Å². The zero-order chi connectivity index (χ0) is 17.0. The maximum atomic E-state index is 12.2. The fourth-order valence-corrected chi connectivity index (χ4v) is 3.32. The molecule has 0 saturated heterocycles. The summed E-state index contributed by atoms with van der Waals surface area (Å²) in [6.45, 7) is 0. The van der Waals surface area contributed by atoms with Gasteiger partial charge in [-0.05, 0) is 37.0 Å². The normalized spacial score (nSPS) is 16.0. The third kappa shape index (κ3) is 3.50. The van der Waals surface area contributed by atoms with Crippen LogP contribution in [0.4, 0.5) is 0 Å². The van der Waals surface area contributed by atoms with Crippen molar-refractivity contribution in [3.8, 4) is 11.3 Å². The second-order valence-electron chi connectivity index (χ2n) is 6.41. The molecule has 2 aromatic rings. The molecule has 5 nitrogen and oxygen atoms in total. The summed E-state index contributed by atoms with van der Waals surface area (Å²) in [5, 5.41) is 12.2. The number of hydrogen-bond acceptors (Lipinski definition) is 2. The van der Waals surface area contributed by atoms with Crippen LogP contribution in [0.15, 0.2) is 42.5 Å². The number of carbonyl (C=O) groups excluding carboxylic acids is 1. The number of nitrogens with one attached hydrogen (secondary N) is 2. The SMILES string of the molecule is O=C(CCc1ccc(-c2ccccc2)[nH]1)NC1(C(=O)O)CCCC1. The monoisotopic (exact) mass is 326 g/mol. The lowest BCUT2D eigenvalue weighted by molar-refractivity contribution is -0.147. The Hall–Kier alpha value is -2.56. The number of aryl methyl sites for hydroxylation is 1. The summed E-state index contributed by atoms with van der Waals surface area (Å²) < 4.78 is 0. The number of benzene rings is 1. The van der Waals surface area contributed by atoms with Gasteiger partial charge in [0.05, 0.1) is 0 Å². The summed E-state index contributed by atoms with van der Waals surface area (Å²) in [5.74, 6) is -1.12. The highest BCUT2D eigenvalue weighted by molar-refractivity contribution is 5.87. The van der Waals surface area contributed by atoms with E-state index in [4.69, 9.17) is 0 Å². The van der Waals surface area contributed by atoms with Gasteiger partial charge in [-0.2, -0.15) is 0 Å². The summed E-state index contributed by atoms with van der Waals surface area (Å²) in [5.41, 5.74) is 2.04. The van der Waals surface area contributed by atoms with Crippen molar-refractivity contribution in [1.82, 2.24) is 10.3 Å². The maximum Gasteiger partial charge on any atom is 0.329 e. The number of H-pyrrole nitrogens is 1. The summed E-state index contributed by atoms with van der Waals surface area (Å²) in [7, 11) is 0. The van der Waals surface area contributed by atoms with E-state index >= 15 is 0 Å². The Morgan fingerprint density at radius 3 is 2.46 bits per heavy atom. The molecule has 1 heterocycles. The number of carboxylic acids is 1. The lowest BCUT2D eigenvalue weighted by Crippen LogP contribution is -2.52. The van der Waals surface area contributed by atoms with Crippen LogP contribution < -0.4 is 5.32 Å². The Balaban J connectivity index is 1.57. The molecule has 0 unspecified atom stereocenters. The number of aliphatic carboxylic acids is 1. The van der Waals surface area contributed by atoms with Crippen LogP contribution in [0.3, 0.4) is 0 Å². The number of hydrogen-bond donors (Lipinski definition) is 3. The largest absolute Gasteiger partial charge is 0.480 e. The van der Waals surface area contributed by atoms with Crippen molar-refractivity contribution in [3.63, 3.8) is 0 Å². The molecule has 0 atom stereocenters. The van der Waals surface area contributed by atoms with E-state index < -0.39 is 11.5 Å². The first kappa shape index (κ1) is 16.3. The van der Waals surface area contributed by atoms with Crippen molar-refractivity contribution in [1.29, 1.82) is 0 Å². The van der Waals surface area contributed by atoms with Crippen LogP contribution in [0.25, 0.3) is 11.3 Å². The minimum atomic E-state index is -1.05. The average molecular weight is 326 g/mol. The van der Waals surface area contributed by atoms with E-state index in [2.05, 4.69) is 10.3 Å². The van der Waals surface area contributed by atoms with Gasteiger partial charge in [-0.3, -0.25) is 4.79 Å². The molecule has 3 rings (SSSR count). The molecule has 3 N–H and O–H groups in total. The molecule has 24 heavy (non-hydrogen) atoms. The van der Waals surface area contributed by atoms with Gasteiger partial charge < -0.3 is 15.4 Å². The lowest BCUT2D eigenvalue weighted by Gasteiger charge is -2.25. The second-order valence-corrected chi connectivity index (χ2v) is 6.41. The summed E-state index contributed by atoms with van der Waals surface area (Å²) in [6.07, 6.45) is 3.59. The van der Waals surface area contributed by atoms with Gasteiger partial charge in [-0.25, -0.2) is 4.79 Å². The van der Waals surface area contributed by atoms with Gasteiger partial charge in [0.15, 0.2) is 0 Å². The number of aromatic amines is 1. The van der Waals surface area contributed by atoms with Crippen LogP contribution >= 0.6 is 0 Å². The molecule has 1 saturated carbocycles. The average Bonchev–Trinajstić information content (AvgIpc) is 3.24. The zero-order valence-corrected chi connectivity index (χ0v) is 13.5. The number of carboxylic acid groups (broad SMARTS) is 1. The molecule has 1 amide bonds. The third-order valence-corrected chi connectivity index (χ3v) is 4.70. The van der Waals surface area contributed by atoms with Crippen molar-refractivity contribution in [2.75, 3.05) is 0 Å².